The van der Waals surface area contributed by atoms with Gasteiger partial charge in [0.2, 0.25) is 0 Å². The van der Waals surface area contributed by atoms with Crippen LogP contribution in [-0.2, 0) is 9.53 Å². The number of allylic oxidation sites excluding steroid dienone is 2. The Morgan fingerprint density at radius 1 is 1.27 bits per heavy atom. The highest BCUT2D eigenvalue weighted by Crippen LogP contribution is 1.92. The Kier molecular flexibility index (Phi) is 13.0. The summed E-state index contributed by atoms with van der Waals surface area (Å²) in [6.07, 6.45) is 4.13. The van der Waals surface area contributed by atoms with Gasteiger partial charge in [0.05, 0.1) is 6.54 Å². The van der Waals surface area contributed by atoms with E-state index in [2.05, 4.69) is 37.5 Å². The third kappa shape index (κ3) is 13.2. The molecule has 3 nitrogen and oxygen atoms in total. The second-order valence-electron chi connectivity index (χ2n) is 4.58. The van der Waals surface area contributed by atoms with Crippen molar-refractivity contribution in [2.24, 2.45) is 0 Å². The third-order valence-corrected chi connectivity index (χ3v) is 2.76. The van der Waals surface area contributed by atoms with Gasteiger partial charge in [-0.3, -0.25) is 4.79 Å². The number of morpholine rings is 1. The Morgan fingerprint density at radius 2 is 1.86 bits per heavy atom. The summed E-state index contributed by atoms with van der Waals surface area (Å²) in [5.74, 6) is 0.176. The van der Waals surface area contributed by atoms with E-state index in [1.807, 2.05) is 18.2 Å². The molecule has 1 heterocycles. The molecule has 1 aliphatic rings. The van der Waals surface area contributed by atoms with Crippen molar-refractivity contribution >= 4 is 23.1 Å². The summed E-state index contributed by atoms with van der Waals surface area (Å²) >= 11 is 4.72. The SMILES string of the molecule is C=CCC(=O)CC=C.Cc1ccccc1.S=C1CNCCO1. The van der Waals surface area contributed by atoms with E-state index in [1.54, 1.807) is 12.2 Å². The number of aryl methyl sites for hydroxylation is 1. The fourth-order valence-corrected chi connectivity index (χ4v) is 1.60. The molecule has 1 fully saturated rings. The van der Waals surface area contributed by atoms with Crippen molar-refractivity contribution < 1.29 is 9.53 Å². The first-order chi connectivity index (χ1) is 10.6. The largest absolute Gasteiger partial charge is 0.484 e. The Morgan fingerprint density at radius 3 is 2.14 bits per heavy atom. The topological polar surface area (TPSA) is 38.3 Å². The molecule has 1 aromatic carbocycles. The second-order valence-corrected chi connectivity index (χ2v) is 5.03. The minimum Gasteiger partial charge on any atom is -0.484 e. The van der Waals surface area contributed by atoms with Crippen molar-refractivity contribution in [1.82, 2.24) is 5.32 Å². The lowest BCUT2D eigenvalue weighted by Crippen LogP contribution is -2.33. The number of hydrogen-bond donors (Lipinski definition) is 1. The van der Waals surface area contributed by atoms with Crippen LogP contribution in [0.25, 0.3) is 0 Å². The highest BCUT2D eigenvalue weighted by atomic mass is 32.1. The maximum atomic E-state index is 10.5. The van der Waals surface area contributed by atoms with Crippen LogP contribution >= 0.6 is 12.2 Å². The standard InChI is InChI=1S/C7H10O.C7H8.C4H7NOS/c1-3-5-7(8)6-4-2;1-7-5-3-2-4-6-7;7-4-3-5-1-2-6-4/h3-4H,1-2,5-6H2;2-6H,1H3;5H,1-3H2. The van der Waals surface area contributed by atoms with Crippen molar-refractivity contribution in [3.8, 4) is 0 Å². The van der Waals surface area contributed by atoms with Gasteiger partial charge in [-0.15, -0.1) is 13.2 Å². The normalized spacial score (nSPS) is 12.5. The molecule has 0 spiro atoms. The van der Waals surface area contributed by atoms with Crippen molar-refractivity contribution in [3.05, 3.63) is 61.2 Å². The van der Waals surface area contributed by atoms with Gasteiger partial charge < -0.3 is 10.1 Å². The van der Waals surface area contributed by atoms with Gasteiger partial charge in [0.25, 0.3) is 0 Å². The van der Waals surface area contributed by atoms with Crippen LogP contribution in [0, 0.1) is 6.92 Å². The van der Waals surface area contributed by atoms with Gasteiger partial charge in [0, 0.05) is 19.4 Å². The first-order valence-electron chi connectivity index (χ1n) is 7.21. The number of Topliss-reactive ketones (excluding diaryl/α,β-unsaturated/α-hetero) is 1. The second kappa shape index (κ2) is 14.2. The molecule has 0 atom stereocenters. The van der Waals surface area contributed by atoms with Crippen LogP contribution in [-0.4, -0.2) is 30.5 Å². The summed E-state index contributed by atoms with van der Waals surface area (Å²) in [7, 11) is 0. The third-order valence-electron chi connectivity index (χ3n) is 2.50. The number of hydrogen-bond acceptors (Lipinski definition) is 4. The molecule has 1 N–H and O–H groups in total. The van der Waals surface area contributed by atoms with Crippen molar-refractivity contribution in [3.63, 3.8) is 0 Å². The summed E-state index contributed by atoms with van der Waals surface area (Å²) in [5, 5.41) is 3.75. The first-order valence-corrected chi connectivity index (χ1v) is 7.62. The van der Waals surface area contributed by atoms with E-state index >= 15 is 0 Å². The van der Waals surface area contributed by atoms with Gasteiger partial charge in [0.15, 0.2) is 5.05 Å². The minimum absolute atomic E-state index is 0.176. The van der Waals surface area contributed by atoms with Gasteiger partial charge in [-0.1, -0.05) is 48.0 Å². The molecule has 2 rings (SSSR count). The number of carbonyl (C=O) groups excluding carboxylic acids is 1. The summed E-state index contributed by atoms with van der Waals surface area (Å²) in [6.45, 7) is 11.3. The quantitative estimate of drug-likeness (QED) is 0.679. The van der Waals surface area contributed by atoms with Gasteiger partial charge in [-0.05, 0) is 19.1 Å². The van der Waals surface area contributed by atoms with Gasteiger partial charge in [-0.25, -0.2) is 0 Å². The maximum Gasteiger partial charge on any atom is 0.173 e. The zero-order valence-corrected chi connectivity index (χ0v) is 14.0. The number of nitrogens with one attached hydrogen (secondary N) is 1. The Bertz CT molecular complexity index is 437. The molecule has 0 radical (unpaired) electrons. The Labute approximate surface area is 139 Å². The molecule has 0 saturated carbocycles. The van der Waals surface area contributed by atoms with E-state index < -0.39 is 0 Å². The van der Waals surface area contributed by atoms with Crippen LogP contribution in [0.3, 0.4) is 0 Å². The molecule has 0 bridgehead atoms. The monoisotopic (exact) mass is 319 g/mol. The van der Waals surface area contributed by atoms with E-state index in [-0.39, 0.29) is 5.78 Å². The molecule has 0 amide bonds. The van der Waals surface area contributed by atoms with Crippen LogP contribution < -0.4 is 5.32 Å². The number of ketones is 1. The molecule has 22 heavy (non-hydrogen) atoms. The van der Waals surface area contributed by atoms with E-state index in [0.717, 1.165) is 19.7 Å². The smallest absolute Gasteiger partial charge is 0.173 e. The Balaban J connectivity index is 0.000000301. The zero-order chi connectivity index (χ0) is 16.6. The van der Waals surface area contributed by atoms with Crippen LogP contribution in [0.4, 0.5) is 0 Å². The van der Waals surface area contributed by atoms with Gasteiger partial charge in [0.1, 0.15) is 12.4 Å². The highest BCUT2D eigenvalue weighted by Gasteiger charge is 2.01. The fourth-order valence-electron chi connectivity index (χ4n) is 1.42. The van der Waals surface area contributed by atoms with E-state index in [0.29, 0.717) is 17.9 Å². The first kappa shape index (κ1) is 20.2. The highest BCUT2D eigenvalue weighted by molar-refractivity contribution is 7.80. The van der Waals surface area contributed by atoms with E-state index in [4.69, 9.17) is 17.0 Å². The molecule has 1 saturated heterocycles. The van der Waals surface area contributed by atoms with Crippen molar-refractivity contribution in [2.75, 3.05) is 19.7 Å². The Hall–Kier alpha value is -1.78. The molecule has 4 heteroatoms. The molecule has 120 valence electrons. The van der Waals surface area contributed by atoms with Gasteiger partial charge >= 0.3 is 0 Å². The summed E-state index contributed by atoms with van der Waals surface area (Å²) in [4.78, 5) is 10.5. The minimum atomic E-state index is 0.176. The molecular weight excluding hydrogens is 294 g/mol. The van der Waals surface area contributed by atoms with Crippen molar-refractivity contribution in [2.45, 2.75) is 19.8 Å². The summed E-state index contributed by atoms with van der Waals surface area (Å²) in [5.41, 5.74) is 1.32. The average Bonchev–Trinajstić information content (AvgIpc) is 2.51. The lowest BCUT2D eigenvalue weighted by molar-refractivity contribution is -0.117. The van der Waals surface area contributed by atoms with Crippen LogP contribution in [0.2, 0.25) is 0 Å². The number of ether oxygens (including phenoxy) is 1. The zero-order valence-electron chi connectivity index (χ0n) is 13.2. The predicted molar refractivity (Wildman–Crippen MR) is 97.2 cm³/mol. The van der Waals surface area contributed by atoms with Gasteiger partial charge in [-0.2, -0.15) is 0 Å². The lowest BCUT2D eigenvalue weighted by Gasteiger charge is -2.13. The molecule has 1 aliphatic heterocycles. The summed E-state index contributed by atoms with van der Waals surface area (Å²) in [6, 6.07) is 10.3. The number of benzene rings is 1. The molecule has 0 aromatic heterocycles. The fraction of sp³-hybridized carbons (Fsp3) is 0.333. The summed E-state index contributed by atoms with van der Waals surface area (Å²) < 4.78 is 4.95. The van der Waals surface area contributed by atoms with Crippen molar-refractivity contribution in [1.29, 1.82) is 0 Å². The molecule has 0 unspecified atom stereocenters. The number of rotatable bonds is 4. The van der Waals surface area contributed by atoms with E-state index in [1.165, 1.54) is 5.56 Å². The number of thiocarbonyl (C=S) groups is 1. The number of carbonyl (C=O) groups is 1. The maximum absolute atomic E-state index is 10.5. The molecular formula is C18H25NO2S. The average molecular weight is 319 g/mol. The predicted octanol–water partition coefficient (Wildman–Crippen LogP) is 3.64. The molecule has 1 aromatic rings. The van der Waals surface area contributed by atoms with E-state index in [9.17, 15) is 4.79 Å². The van der Waals surface area contributed by atoms with Crippen LogP contribution in [0.5, 0.6) is 0 Å². The van der Waals surface area contributed by atoms with Crippen LogP contribution in [0.1, 0.15) is 18.4 Å². The molecule has 0 aliphatic carbocycles. The lowest BCUT2D eigenvalue weighted by atomic mass is 10.2. The van der Waals surface area contributed by atoms with Crippen LogP contribution in [0.15, 0.2) is 55.6 Å².